The van der Waals surface area contributed by atoms with Gasteiger partial charge in [0.15, 0.2) is 6.29 Å². The molecule has 0 radical (unpaired) electrons. The molecule has 0 saturated carbocycles. The zero-order chi connectivity index (χ0) is 18.4. The second kappa shape index (κ2) is 8.67. The third kappa shape index (κ3) is 4.52. The van der Waals surface area contributed by atoms with Gasteiger partial charge in [0.05, 0.1) is 13.2 Å². The van der Waals surface area contributed by atoms with Crippen LogP contribution in [0, 0.1) is 0 Å². The van der Waals surface area contributed by atoms with Crippen molar-refractivity contribution in [2.24, 2.45) is 7.05 Å². The highest BCUT2D eigenvalue weighted by atomic mass is 16.7. The van der Waals surface area contributed by atoms with Crippen LogP contribution in [-0.4, -0.2) is 35.0 Å². The molecule has 0 amide bonds. The van der Waals surface area contributed by atoms with E-state index in [9.17, 15) is 4.79 Å². The first kappa shape index (κ1) is 18.2. The van der Waals surface area contributed by atoms with E-state index in [1.54, 1.807) is 13.1 Å². The summed E-state index contributed by atoms with van der Waals surface area (Å²) < 4.78 is 18.4. The van der Waals surface area contributed by atoms with Crippen LogP contribution in [0.5, 0.6) is 5.75 Å². The normalized spacial score (nSPS) is 17.8. The van der Waals surface area contributed by atoms with Crippen LogP contribution in [0.15, 0.2) is 42.7 Å². The molecule has 1 aliphatic heterocycles. The molecular weight excluding hydrogens is 332 g/mol. The Morgan fingerprint density at radius 2 is 2.15 bits per heavy atom. The molecule has 0 spiro atoms. The van der Waals surface area contributed by atoms with E-state index in [0.717, 1.165) is 37.2 Å². The van der Waals surface area contributed by atoms with Crippen LogP contribution in [0.2, 0.25) is 0 Å². The molecule has 26 heavy (non-hydrogen) atoms. The summed E-state index contributed by atoms with van der Waals surface area (Å²) in [6.45, 7) is 2.86. The topological polar surface area (TPSA) is 62.6 Å². The molecule has 0 N–H and O–H groups in total. The Hall–Kier alpha value is -2.60. The Morgan fingerprint density at radius 1 is 1.35 bits per heavy atom. The van der Waals surface area contributed by atoms with Gasteiger partial charge in [-0.1, -0.05) is 12.1 Å². The second-order valence-corrected chi connectivity index (χ2v) is 6.11. The number of hydrogen-bond donors (Lipinski definition) is 0. The highest BCUT2D eigenvalue weighted by molar-refractivity contribution is 5.95. The molecule has 3 rings (SSSR count). The predicted molar refractivity (Wildman–Crippen MR) is 97.6 cm³/mol. The van der Waals surface area contributed by atoms with Gasteiger partial charge in [0.2, 0.25) is 0 Å². The number of nitrogens with zero attached hydrogens (tertiary/aromatic N) is 2. The maximum Gasteiger partial charge on any atom is 0.331 e. The van der Waals surface area contributed by atoms with Crippen molar-refractivity contribution in [2.45, 2.75) is 32.5 Å². The van der Waals surface area contributed by atoms with Gasteiger partial charge in [-0.25, -0.2) is 9.78 Å². The number of esters is 1. The maximum absolute atomic E-state index is 12.0. The molecule has 1 aromatic heterocycles. The summed E-state index contributed by atoms with van der Waals surface area (Å²) >= 11 is 0. The quantitative estimate of drug-likeness (QED) is 0.587. The van der Waals surface area contributed by atoms with Gasteiger partial charge in [0.25, 0.3) is 0 Å². The van der Waals surface area contributed by atoms with E-state index in [-0.39, 0.29) is 12.3 Å². The van der Waals surface area contributed by atoms with Crippen molar-refractivity contribution in [1.82, 2.24) is 9.55 Å². The van der Waals surface area contributed by atoms with Gasteiger partial charge in [-0.15, -0.1) is 0 Å². The molecule has 1 fully saturated rings. The molecule has 138 valence electrons. The fourth-order valence-electron chi connectivity index (χ4n) is 2.87. The van der Waals surface area contributed by atoms with Crippen LogP contribution in [0.1, 0.15) is 37.6 Å². The molecule has 1 saturated heterocycles. The minimum atomic E-state index is -0.388. The molecule has 2 heterocycles. The van der Waals surface area contributed by atoms with Gasteiger partial charge < -0.3 is 18.8 Å². The number of aryl methyl sites for hydroxylation is 1. The number of ether oxygens (including phenoxy) is 3. The lowest BCUT2D eigenvalue weighted by atomic mass is 10.0. The maximum atomic E-state index is 12.0. The molecule has 1 aliphatic rings. The number of benzene rings is 1. The van der Waals surface area contributed by atoms with Crippen LogP contribution in [0.4, 0.5) is 0 Å². The Kier molecular flexibility index (Phi) is 6.07. The van der Waals surface area contributed by atoms with E-state index < -0.39 is 0 Å². The molecule has 6 heteroatoms. The van der Waals surface area contributed by atoms with E-state index in [4.69, 9.17) is 14.2 Å². The second-order valence-electron chi connectivity index (χ2n) is 6.11. The van der Waals surface area contributed by atoms with Crippen molar-refractivity contribution in [3.63, 3.8) is 0 Å². The van der Waals surface area contributed by atoms with Crippen LogP contribution in [-0.2, 0) is 21.3 Å². The Bertz CT molecular complexity index is 758. The van der Waals surface area contributed by atoms with Crippen molar-refractivity contribution >= 4 is 11.5 Å². The standard InChI is InChI=1S/C20H24N2O4/c1-3-24-18(23)14-17(20-21-11-12-22(20)2)15-7-9-16(10-8-15)26-19-6-4-5-13-25-19/h7-12,14,19H,3-6,13H2,1-2H3/b17-14-. The van der Waals surface area contributed by atoms with Crippen LogP contribution in [0.25, 0.3) is 5.57 Å². The Balaban J connectivity index is 1.82. The SMILES string of the molecule is CCOC(=O)/C=C(/c1ccc(OC2CCCCO2)cc1)c1nccn1C. The number of imidazole rings is 1. The molecule has 0 bridgehead atoms. The zero-order valence-corrected chi connectivity index (χ0v) is 15.2. The van der Waals surface area contributed by atoms with Crippen molar-refractivity contribution in [3.05, 3.63) is 54.1 Å². The predicted octanol–water partition coefficient (Wildman–Crippen LogP) is 3.32. The highest BCUT2D eigenvalue weighted by Crippen LogP contribution is 2.26. The number of carbonyl (C=O) groups excluding carboxylic acids is 1. The third-order valence-electron chi connectivity index (χ3n) is 4.18. The van der Waals surface area contributed by atoms with Crippen molar-refractivity contribution < 1.29 is 19.0 Å². The summed E-state index contributed by atoms with van der Waals surface area (Å²) in [4.78, 5) is 16.3. The monoisotopic (exact) mass is 356 g/mol. The van der Waals surface area contributed by atoms with Crippen molar-refractivity contribution in [1.29, 1.82) is 0 Å². The third-order valence-corrected chi connectivity index (χ3v) is 4.18. The van der Waals surface area contributed by atoms with Crippen LogP contribution in [0.3, 0.4) is 0 Å². The van der Waals surface area contributed by atoms with Crippen LogP contribution < -0.4 is 4.74 Å². The molecular formula is C20H24N2O4. The molecule has 0 aliphatic carbocycles. The van der Waals surface area contributed by atoms with Gasteiger partial charge in [-0.3, -0.25) is 0 Å². The Morgan fingerprint density at radius 3 is 2.77 bits per heavy atom. The largest absolute Gasteiger partial charge is 0.465 e. The van der Waals surface area contributed by atoms with Gasteiger partial charge >= 0.3 is 5.97 Å². The zero-order valence-electron chi connectivity index (χ0n) is 15.2. The fourth-order valence-corrected chi connectivity index (χ4v) is 2.87. The highest BCUT2D eigenvalue weighted by Gasteiger charge is 2.16. The van der Waals surface area contributed by atoms with E-state index in [2.05, 4.69) is 4.98 Å². The number of hydrogen-bond acceptors (Lipinski definition) is 5. The van der Waals surface area contributed by atoms with E-state index in [1.807, 2.05) is 42.1 Å². The minimum absolute atomic E-state index is 0.182. The smallest absolute Gasteiger partial charge is 0.331 e. The lowest BCUT2D eigenvalue weighted by Gasteiger charge is -2.23. The van der Waals surface area contributed by atoms with Gasteiger partial charge in [-0.2, -0.15) is 0 Å². The lowest BCUT2D eigenvalue weighted by Crippen LogP contribution is -2.24. The number of aromatic nitrogens is 2. The lowest BCUT2D eigenvalue weighted by molar-refractivity contribution is -0.137. The van der Waals surface area contributed by atoms with Gasteiger partial charge in [-0.05, 0) is 37.5 Å². The van der Waals surface area contributed by atoms with E-state index in [0.29, 0.717) is 18.0 Å². The Labute approximate surface area is 153 Å². The number of rotatable bonds is 6. The molecule has 1 aromatic carbocycles. The summed E-state index contributed by atoms with van der Waals surface area (Å²) in [7, 11) is 1.89. The summed E-state index contributed by atoms with van der Waals surface area (Å²) in [5.41, 5.74) is 1.57. The summed E-state index contributed by atoms with van der Waals surface area (Å²) in [6, 6.07) is 7.60. The summed E-state index contributed by atoms with van der Waals surface area (Å²) in [6.07, 6.45) is 7.95. The first-order chi connectivity index (χ1) is 12.7. The van der Waals surface area contributed by atoms with Crippen molar-refractivity contribution in [2.75, 3.05) is 13.2 Å². The summed E-state index contributed by atoms with van der Waals surface area (Å²) in [5.74, 6) is 1.06. The number of carbonyl (C=O) groups is 1. The average Bonchev–Trinajstić information content (AvgIpc) is 3.07. The molecule has 1 atom stereocenters. The van der Waals surface area contributed by atoms with E-state index >= 15 is 0 Å². The molecule has 1 unspecified atom stereocenters. The van der Waals surface area contributed by atoms with Gasteiger partial charge in [0, 0.05) is 37.5 Å². The van der Waals surface area contributed by atoms with Crippen molar-refractivity contribution in [3.8, 4) is 5.75 Å². The first-order valence-electron chi connectivity index (χ1n) is 8.92. The fraction of sp³-hybridized carbons (Fsp3) is 0.400. The molecule has 6 nitrogen and oxygen atoms in total. The summed E-state index contributed by atoms with van der Waals surface area (Å²) in [5, 5.41) is 0. The van der Waals surface area contributed by atoms with E-state index in [1.165, 1.54) is 6.08 Å². The molecule has 2 aromatic rings. The van der Waals surface area contributed by atoms with Gasteiger partial charge in [0.1, 0.15) is 11.6 Å². The minimum Gasteiger partial charge on any atom is -0.465 e. The van der Waals surface area contributed by atoms with Crippen LogP contribution >= 0.6 is 0 Å². The average molecular weight is 356 g/mol. The first-order valence-corrected chi connectivity index (χ1v) is 8.92.